The highest BCUT2D eigenvalue weighted by Crippen LogP contribution is 2.36. The quantitative estimate of drug-likeness (QED) is 0.250. The molecule has 13 nitrogen and oxygen atoms in total. The highest BCUT2D eigenvalue weighted by Gasteiger charge is 2.49. The number of phenols is 1. The van der Waals surface area contributed by atoms with Crippen molar-refractivity contribution >= 4 is 59.6 Å². The minimum atomic E-state index is -3.58. The summed E-state index contributed by atoms with van der Waals surface area (Å²) in [5.74, 6) is -1.32. The third-order valence-corrected chi connectivity index (χ3v) is 7.22. The van der Waals surface area contributed by atoms with Crippen molar-refractivity contribution < 1.29 is 32.9 Å². The molecule has 5 N–H and O–H groups in total. The fourth-order valence-electron chi connectivity index (χ4n) is 4.07. The predicted molar refractivity (Wildman–Crippen MR) is 126 cm³/mol. The number of aliphatic hydroxyl groups excluding tert-OH is 1. The minimum Gasteiger partial charge on any atom is -0.507 e. The molecule has 4 aromatic rings. The lowest BCUT2D eigenvalue weighted by molar-refractivity contribution is -0.0297. The van der Waals surface area contributed by atoms with Gasteiger partial charge in [0.05, 0.1) is 22.1 Å². The Bertz CT molecular complexity index is 1570. The summed E-state index contributed by atoms with van der Waals surface area (Å²) in [5.41, 5.74) is 6.99. The van der Waals surface area contributed by atoms with Gasteiger partial charge in [0.2, 0.25) is 0 Å². The third-order valence-electron chi connectivity index (χ3n) is 5.65. The van der Waals surface area contributed by atoms with Crippen molar-refractivity contribution in [3.63, 3.8) is 0 Å². The average Bonchev–Trinajstić information content (AvgIpc) is 3.46. The summed E-state index contributed by atoms with van der Waals surface area (Å²) in [7, 11) is -3.58. The zero-order chi connectivity index (χ0) is 25.1. The van der Waals surface area contributed by atoms with E-state index in [1.54, 1.807) is 6.07 Å². The molecule has 1 saturated heterocycles. The maximum absolute atomic E-state index is 13.1. The zero-order valence-corrected chi connectivity index (χ0v) is 20.4. The third kappa shape index (κ3) is 4.20. The zero-order valence-electron chi connectivity index (χ0n) is 18.0. The number of phenolic OH excluding ortho intramolecular Hbond substituents is 1. The Kier molecular flexibility index (Phi) is 5.66. The number of aromatic hydroxyl groups is 1. The number of carbonyl (C=O) groups is 1. The molecule has 0 aliphatic carbocycles. The number of aromatic nitrogens is 5. The minimum absolute atomic E-state index is 0.0846. The topological polar surface area (TPSA) is 196 Å². The molecular weight excluding hydrogens is 548 g/mol. The number of nitrogen functional groups attached to an aromatic ring is 1. The van der Waals surface area contributed by atoms with Crippen molar-refractivity contribution in [3.8, 4) is 5.75 Å². The number of halogens is 1. The van der Waals surface area contributed by atoms with Gasteiger partial charge >= 0.3 is 5.97 Å². The second-order valence-electron chi connectivity index (χ2n) is 8.15. The van der Waals surface area contributed by atoms with Gasteiger partial charge in [-0.05, 0) is 28.1 Å². The van der Waals surface area contributed by atoms with E-state index in [4.69, 9.17) is 15.2 Å². The van der Waals surface area contributed by atoms with E-state index < -0.39 is 46.1 Å². The summed E-state index contributed by atoms with van der Waals surface area (Å²) in [6, 6.07) is 2.97. The molecule has 1 aliphatic heterocycles. The van der Waals surface area contributed by atoms with Gasteiger partial charge in [-0.2, -0.15) is 0 Å². The number of rotatable bonds is 5. The maximum Gasteiger partial charge on any atom is 0.340 e. The maximum atomic E-state index is 13.1. The van der Waals surface area contributed by atoms with Gasteiger partial charge in [-0.3, -0.25) is 4.57 Å². The Morgan fingerprint density at radius 3 is 2.86 bits per heavy atom. The summed E-state index contributed by atoms with van der Waals surface area (Å²) in [6.45, 7) is 0. The number of carbonyl (C=O) groups excluding carboxylic acids is 1. The van der Waals surface area contributed by atoms with Crippen LogP contribution >= 0.6 is 15.9 Å². The van der Waals surface area contributed by atoms with Gasteiger partial charge in [-0.1, -0.05) is 0 Å². The first-order chi connectivity index (χ1) is 16.5. The largest absolute Gasteiger partial charge is 0.507 e. The first-order valence-electron chi connectivity index (χ1n) is 10.2. The number of nitrogens with one attached hydrogen (secondary N) is 1. The summed E-state index contributed by atoms with van der Waals surface area (Å²) >= 11 is 3.21. The van der Waals surface area contributed by atoms with Crippen LogP contribution in [-0.2, 0) is 19.3 Å². The van der Waals surface area contributed by atoms with E-state index in [0.717, 1.165) is 6.26 Å². The van der Waals surface area contributed by atoms with Crippen LogP contribution in [0, 0.1) is 0 Å². The van der Waals surface area contributed by atoms with Crippen molar-refractivity contribution in [1.29, 1.82) is 0 Å². The Hall–Kier alpha value is -3.27. The summed E-state index contributed by atoms with van der Waals surface area (Å²) in [6.07, 6.45) is -0.206. The highest BCUT2D eigenvalue weighted by atomic mass is 79.9. The second kappa shape index (κ2) is 8.44. The van der Waals surface area contributed by atoms with E-state index in [9.17, 15) is 23.4 Å². The molecule has 0 amide bonds. The van der Waals surface area contributed by atoms with E-state index in [2.05, 4.69) is 35.9 Å². The summed E-state index contributed by atoms with van der Waals surface area (Å²) in [4.78, 5) is 28.1. The first-order valence-corrected chi connectivity index (χ1v) is 13.0. The van der Waals surface area contributed by atoms with Crippen LogP contribution in [0.4, 0.5) is 5.82 Å². The fraction of sp³-hybridized carbons (Fsp3) is 0.300. The van der Waals surface area contributed by atoms with Crippen LogP contribution in [-0.4, -0.2) is 79.4 Å². The van der Waals surface area contributed by atoms with Gasteiger partial charge < -0.3 is 30.4 Å². The Balaban J connectivity index is 1.49. The van der Waals surface area contributed by atoms with Crippen LogP contribution in [0.1, 0.15) is 16.6 Å². The van der Waals surface area contributed by atoms with Gasteiger partial charge in [0.1, 0.15) is 39.6 Å². The van der Waals surface area contributed by atoms with Crippen LogP contribution in [0.2, 0.25) is 0 Å². The number of H-pyrrole nitrogens is 1. The van der Waals surface area contributed by atoms with Crippen molar-refractivity contribution in [2.24, 2.45) is 0 Å². The number of nitrogens with two attached hydrogens (primary N) is 1. The van der Waals surface area contributed by atoms with Crippen LogP contribution in [0.5, 0.6) is 5.75 Å². The van der Waals surface area contributed by atoms with Crippen molar-refractivity contribution in [1.82, 2.24) is 24.5 Å². The van der Waals surface area contributed by atoms with E-state index in [1.807, 2.05) is 0 Å². The van der Waals surface area contributed by atoms with Crippen LogP contribution in [0.15, 0.2) is 35.5 Å². The molecule has 184 valence electrons. The summed E-state index contributed by atoms with van der Waals surface area (Å²) in [5, 5.41) is 21.5. The number of hydrogen-bond acceptors (Lipinski definition) is 11. The molecule has 0 bridgehead atoms. The molecule has 0 saturated carbocycles. The SMILES string of the molecule is CS(=O)(=O)C[C@H]1O[C@@H](n2cnc3c(N)ncnc32)[C@H](O)[C@@H]1OC(=O)c1c[nH]c2cc(Br)c(O)cc12. The summed E-state index contributed by atoms with van der Waals surface area (Å²) < 4.78 is 37.4. The fourth-order valence-corrected chi connectivity index (χ4v) is 5.28. The molecular formula is C20H19BrN6O7S. The van der Waals surface area contributed by atoms with Gasteiger partial charge in [0, 0.05) is 23.4 Å². The molecule has 5 rings (SSSR count). The normalized spacial score (nSPS) is 22.7. The Morgan fingerprint density at radius 2 is 2.11 bits per heavy atom. The molecule has 0 spiro atoms. The van der Waals surface area contributed by atoms with Gasteiger partial charge in [0.15, 0.2) is 23.8 Å². The highest BCUT2D eigenvalue weighted by molar-refractivity contribution is 9.10. The number of nitrogens with zero attached hydrogens (tertiary/aromatic N) is 4. The lowest BCUT2D eigenvalue weighted by Gasteiger charge is -2.20. The smallest absolute Gasteiger partial charge is 0.340 e. The van der Waals surface area contributed by atoms with Crippen molar-refractivity contribution in [3.05, 3.63) is 41.0 Å². The first kappa shape index (κ1) is 23.5. The number of fused-ring (bicyclic) bond motifs is 2. The van der Waals surface area contributed by atoms with Gasteiger partial charge in [-0.25, -0.2) is 28.2 Å². The monoisotopic (exact) mass is 566 g/mol. The number of esters is 1. The van der Waals surface area contributed by atoms with E-state index in [-0.39, 0.29) is 28.3 Å². The van der Waals surface area contributed by atoms with E-state index >= 15 is 0 Å². The van der Waals surface area contributed by atoms with Gasteiger partial charge in [0.25, 0.3) is 0 Å². The van der Waals surface area contributed by atoms with Crippen LogP contribution in [0.25, 0.3) is 22.1 Å². The van der Waals surface area contributed by atoms with Crippen LogP contribution in [0.3, 0.4) is 0 Å². The molecule has 15 heteroatoms. The van der Waals surface area contributed by atoms with Crippen LogP contribution < -0.4 is 5.73 Å². The number of imidazole rings is 1. The molecule has 4 atom stereocenters. The van der Waals surface area contributed by atoms with Gasteiger partial charge in [-0.15, -0.1) is 0 Å². The standard InChI is InChI=1S/C20H19BrN6O7S/c1-35(31,32)5-13-16(34-20(30)9-4-23-11-3-10(21)12(28)2-8(9)11)15(29)19(33-13)27-7-26-14-17(22)24-6-25-18(14)27/h2-4,6-7,13,15-16,19,23,28-29H,5H2,1H3,(H2,22,24,25)/t13-,15-,16-,19-/m1/s1. The molecule has 0 unspecified atom stereocenters. The number of aliphatic hydroxyl groups is 1. The molecule has 1 aromatic carbocycles. The molecule has 1 aliphatic rings. The van der Waals surface area contributed by atoms with E-state index in [0.29, 0.717) is 15.4 Å². The number of aromatic amines is 1. The molecule has 1 fully saturated rings. The average molecular weight is 567 g/mol. The molecule has 0 radical (unpaired) electrons. The number of sulfone groups is 1. The predicted octanol–water partition coefficient (Wildman–Crippen LogP) is 0.886. The number of anilines is 1. The number of hydrogen-bond donors (Lipinski definition) is 4. The molecule has 3 aromatic heterocycles. The van der Waals surface area contributed by atoms with Crippen molar-refractivity contribution in [2.45, 2.75) is 24.5 Å². The second-order valence-corrected chi connectivity index (χ2v) is 11.2. The number of benzene rings is 1. The Labute approximate surface area is 205 Å². The molecule has 4 heterocycles. The molecule has 35 heavy (non-hydrogen) atoms. The van der Waals surface area contributed by atoms with E-state index in [1.165, 1.54) is 29.5 Å². The van der Waals surface area contributed by atoms with Crippen molar-refractivity contribution in [2.75, 3.05) is 17.7 Å². The Morgan fingerprint density at radius 1 is 1.34 bits per heavy atom. The number of ether oxygens (including phenoxy) is 2. The lowest BCUT2D eigenvalue weighted by Crippen LogP contribution is -2.39. The lowest BCUT2D eigenvalue weighted by atomic mass is 10.1.